The number of piperidine rings is 1. The third-order valence-corrected chi connectivity index (χ3v) is 9.79. The lowest BCUT2D eigenvalue weighted by atomic mass is 9.86. The lowest BCUT2D eigenvalue weighted by molar-refractivity contribution is -0.137. The van der Waals surface area contributed by atoms with Gasteiger partial charge in [0.25, 0.3) is 5.91 Å². The lowest BCUT2D eigenvalue weighted by Crippen LogP contribution is -2.45. The van der Waals surface area contributed by atoms with Gasteiger partial charge < -0.3 is 15.0 Å². The van der Waals surface area contributed by atoms with E-state index in [1.165, 1.54) is 0 Å². The average Bonchev–Trinajstić information content (AvgIpc) is 3.83. The van der Waals surface area contributed by atoms with Crippen LogP contribution in [-0.2, 0) is 27.3 Å². The van der Waals surface area contributed by atoms with Crippen molar-refractivity contribution in [2.45, 2.75) is 68.3 Å². The van der Waals surface area contributed by atoms with Gasteiger partial charge in [-0.15, -0.1) is 0 Å². The molecule has 2 aliphatic rings. The second-order valence-electron chi connectivity index (χ2n) is 11.0. The summed E-state index contributed by atoms with van der Waals surface area (Å²) in [4.78, 5) is 15.4. The average molecular weight is 601 g/mol. The number of hydrogen-bond donors (Lipinski definition) is 1. The van der Waals surface area contributed by atoms with Gasteiger partial charge in [0.2, 0.25) is 0 Å². The monoisotopic (exact) mass is 600 g/mol. The predicted octanol–water partition coefficient (Wildman–Crippen LogP) is 6.36. The Hall–Kier alpha value is -3.37. The first-order valence-corrected chi connectivity index (χ1v) is 15.9. The summed E-state index contributed by atoms with van der Waals surface area (Å²) in [6, 6.07) is 19.4. The summed E-state index contributed by atoms with van der Waals surface area (Å²) in [5.41, 5.74) is 2.44. The smallest absolute Gasteiger partial charge is 0.376 e. The van der Waals surface area contributed by atoms with E-state index in [4.69, 9.17) is 4.74 Å². The van der Waals surface area contributed by atoms with Gasteiger partial charge >= 0.3 is 6.18 Å². The number of anilines is 1. The molecule has 42 heavy (non-hydrogen) atoms. The van der Waals surface area contributed by atoms with Gasteiger partial charge in [-0.2, -0.15) is 13.2 Å². The molecule has 3 aromatic carbocycles. The quantitative estimate of drug-likeness (QED) is 0.293. The van der Waals surface area contributed by atoms with Crippen LogP contribution in [0.4, 0.5) is 18.9 Å². The Morgan fingerprint density at radius 2 is 1.60 bits per heavy atom. The number of halogens is 3. The minimum Gasteiger partial charge on any atom is -0.376 e. The molecule has 2 fully saturated rings. The van der Waals surface area contributed by atoms with Gasteiger partial charge in [0.15, 0.2) is 9.84 Å². The molecular formula is C32H35F3N2O4S. The van der Waals surface area contributed by atoms with Gasteiger partial charge in [-0.3, -0.25) is 4.79 Å². The number of nitrogens with zero attached hydrogens (tertiary/aromatic N) is 1. The van der Waals surface area contributed by atoms with E-state index in [0.717, 1.165) is 54.6 Å². The first kappa shape index (κ1) is 30.1. The maximum absolute atomic E-state index is 13.1. The molecule has 1 heterocycles. The van der Waals surface area contributed by atoms with Gasteiger partial charge in [0.1, 0.15) is 0 Å². The first-order chi connectivity index (χ1) is 20.0. The van der Waals surface area contributed by atoms with Crippen LogP contribution in [0, 0.1) is 0 Å². The van der Waals surface area contributed by atoms with Crippen LogP contribution in [0.3, 0.4) is 0 Å². The number of carbonyl (C=O) groups is 1. The largest absolute Gasteiger partial charge is 0.416 e. The van der Waals surface area contributed by atoms with E-state index < -0.39 is 21.6 Å². The molecule has 6 nitrogen and oxygen atoms in total. The summed E-state index contributed by atoms with van der Waals surface area (Å²) in [6.45, 7) is 3.08. The summed E-state index contributed by atoms with van der Waals surface area (Å²) in [6.07, 6.45) is -0.193. The van der Waals surface area contributed by atoms with Gasteiger partial charge in [-0.25, -0.2) is 8.42 Å². The van der Waals surface area contributed by atoms with Crippen molar-refractivity contribution in [3.63, 3.8) is 0 Å². The fourth-order valence-electron chi connectivity index (χ4n) is 5.28. The number of sulfone groups is 1. The highest BCUT2D eigenvalue weighted by Crippen LogP contribution is 2.36. The molecule has 1 amide bonds. The van der Waals surface area contributed by atoms with Gasteiger partial charge in [0, 0.05) is 30.3 Å². The molecule has 0 radical (unpaired) electrons. The van der Waals surface area contributed by atoms with Crippen LogP contribution in [0.1, 0.15) is 65.6 Å². The van der Waals surface area contributed by atoms with E-state index in [1.807, 2.05) is 12.1 Å². The van der Waals surface area contributed by atoms with Crippen LogP contribution < -0.4 is 10.2 Å². The molecule has 3 aromatic rings. The zero-order valence-corrected chi connectivity index (χ0v) is 24.3. The molecule has 5 rings (SSSR count). The lowest BCUT2D eigenvalue weighted by Gasteiger charge is -2.41. The fourth-order valence-corrected chi connectivity index (χ4v) is 6.17. The van der Waals surface area contributed by atoms with Crippen molar-refractivity contribution in [3.05, 3.63) is 95.1 Å². The third-order valence-electron chi connectivity index (χ3n) is 8.04. The molecule has 1 saturated carbocycles. The minimum atomic E-state index is -4.36. The van der Waals surface area contributed by atoms with Crippen LogP contribution in [0.5, 0.6) is 0 Å². The Morgan fingerprint density at radius 1 is 0.929 bits per heavy atom. The standard InChI is InChI=1S/C32H35F3N2O4S/c1-2-42(39,40)30-17-3-22(4-18-30)19-36-31(38)24-7-12-27(13-8-24)37-20-25(9-14-28(37)21-41-29-15-16-29)23-5-10-26(11-6-23)32(33,34)35/h3-8,10-13,17-18,25,28-29H,2,9,14-16,19-21H2,1H3,(H,36,38)/t25?,28-/m0/s1. The van der Waals surface area contributed by atoms with E-state index >= 15 is 0 Å². The molecule has 224 valence electrons. The molecule has 0 aromatic heterocycles. The predicted molar refractivity (Wildman–Crippen MR) is 155 cm³/mol. The number of nitrogens with one attached hydrogen (secondary N) is 1. The molecule has 0 bridgehead atoms. The number of carbonyl (C=O) groups excluding carboxylic acids is 1. The van der Waals surface area contributed by atoms with Crippen molar-refractivity contribution in [2.75, 3.05) is 23.8 Å². The van der Waals surface area contributed by atoms with E-state index in [-0.39, 0.29) is 35.1 Å². The van der Waals surface area contributed by atoms with Crippen molar-refractivity contribution >= 4 is 21.4 Å². The van der Waals surface area contributed by atoms with Crippen LogP contribution in [0.25, 0.3) is 0 Å². The van der Waals surface area contributed by atoms with E-state index in [0.29, 0.717) is 24.8 Å². The van der Waals surface area contributed by atoms with Crippen LogP contribution >= 0.6 is 0 Å². The summed E-state index contributed by atoms with van der Waals surface area (Å²) in [5, 5.41) is 2.88. The summed E-state index contributed by atoms with van der Waals surface area (Å²) in [7, 11) is -3.28. The van der Waals surface area contributed by atoms with Crippen molar-refractivity contribution in [1.82, 2.24) is 5.32 Å². The Bertz CT molecular complexity index is 1470. The van der Waals surface area contributed by atoms with Crippen LogP contribution in [-0.4, -0.2) is 45.4 Å². The topological polar surface area (TPSA) is 75.7 Å². The SMILES string of the molecule is CCS(=O)(=O)c1ccc(CNC(=O)c2ccc(N3CC(c4ccc(C(F)(F)F)cc4)CC[C@H]3COC3CC3)cc2)cc1. The summed E-state index contributed by atoms with van der Waals surface area (Å²) < 4.78 is 69.3. The molecule has 2 atom stereocenters. The molecule has 1 N–H and O–H groups in total. The Morgan fingerprint density at radius 3 is 2.19 bits per heavy atom. The van der Waals surface area contributed by atoms with E-state index in [1.54, 1.807) is 55.5 Å². The van der Waals surface area contributed by atoms with Crippen molar-refractivity contribution in [2.24, 2.45) is 0 Å². The zero-order chi connectivity index (χ0) is 29.9. The van der Waals surface area contributed by atoms with Gasteiger partial charge in [-0.1, -0.05) is 31.2 Å². The molecular weight excluding hydrogens is 565 g/mol. The first-order valence-electron chi connectivity index (χ1n) is 14.3. The van der Waals surface area contributed by atoms with Crippen molar-refractivity contribution in [1.29, 1.82) is 0 Å². The van der Waals surface area contributed by atoms with E-state index in [9.17, 15) is 26.4 Å². The second kappa shape index (κ2) is 12.5. The number of alkyl halides is 3. The number of rotatable bonds is 10. The molecule has 1 unspecified atom stereocenters. The molecule has 1 aliphatic heterocycles. The maximum Gasteiger partial charge on any atom is 0.416 e. The summed E-state index contributed by atoms with van der Waals surface area (Å²) in [5.74, 6) is -0.145. The molecule has 1 aliphatic carbocycles. The van der Waals surface area contributed by atoms with Gasteiger partial charge in [-0.05, 0) is 85.3 Å². The second-order valence-corrected chi connectivity index (χ2v) is 13.3. The number of amides is 1. The number of benzene rings is 3. The third kappa shape index (κ3) is 7.33. The molecule has 0 spiro atoms. The number of ether oxygens (including phenoxy) is 1. The molecule has 10 heteroatoms. The minimum absolute atomic E-state index is 0.0283. The Balaban J connectivity index is 1.25. The zero-order valence-electron chi connectivity index (χ0n) is 23.4. The molecule has 1 saturated heterocycles. The Kier molecular flexibility index (Phi) is 8.94. The normalized spacial score (nSPS) is 19.5. The fraction of sp³-hybridized carbons (Fsp3) is 0.406. The van der Waals surface area contributed by atoms with E-state index in [2.05, 4.69) is 10.2 Å². The number of hydrogen-bond acceptors (Lipinski definition) is 5. The van der Waals surface area contributed by atoms with Crippen molar-refractivity contribution < 1.29 is 31.1 Å². The Labute approximate surface area is 244 Å². The highest BCUT2D eigenvalue weighted by atomic mass is 32.2. The van der Waals surface area contributed by atoms with Crippen molar-refractivity contribution in [3.8, 4) is 0 Å². The highest BCUT2D eigenvalue weighted by Gasteiger charge is 2.33. The maximum atomic E-state index is 13.1. The summed E-state index contributed by atoms with van der Waals surface area (Å²) >= 11 is 0. The highest BCUT2D eigenvalue weighted by molar-refractivity contribution is 7.91. The van der Waals surface area contributed by atoms with Crippen LogP contribution in [0.2, 0.25) is 0 Å². The van der Waals surface area contributed by atoms with Crippen LogP contribution in [0.15, 0.2) is 77.7 Å². The van der Waals surface area contributed by atoms with Gasteiger partial charge in [0.05, 0.1) is 35.0 Å².